The summed E-state index contributed by atoms with van der Waals surface area (Å²) in [5.74, 6) is 0.526. The van der Waals surface area contributed by atoms with Crippen LogP contribution in [0.5, 0.6) is 5.75 Å². The summed E-state index contributed by atoms with van der Waals surface area (Å²) in [6.07, 6.45) is 0. The van der Waals surface area contributed by atoms with Crippen molar-refractivity contribution in [3.8, 4) is 5.75 Å². The number of aryl methyl sites for hydroxylation is 2. The van der Waals surface area contributed by atoms with Crippen LogP contribution in [0.3, 0.4) is 0 Å². The quantitative estimate of drug-likeness (QED) is 0.416. The van der Waals surface area contributed by atoms with Crippen molar-refractivity contribution >= 4 is 51.1 Å². The van der Waals surface area contributed by atoms with Crippen molar-refractivity contribution in [2.45, 2.75) is 9.50 Å². The Bertz CT molecular complexity index is 1450. The number of urea groups is 1. The van der Waals surface area contributed by atoms with Crippen LogP contribution >= 0.6 is 23.1 Å². The summed E-state index contributed by atoms with van der Waals surface area (Å²) in [6.45, 7) is 0. The maximum atomic E-state index is 12.5. The predicted molar refractivity (Wildman–Crippen MR) is 121 cm³/mol. The largest absolute Gasteiger partial charge is 0.495 e. The maximum absolute atomic E-state index is 12.5. The first-order valence-corrected chi connectivity index (χ1v) is 10.8. The standard InChI is InChI=1S/C18H18N8O4S2/c1-24-11-12(25(2)18(29)26(3)13(11)27)20-16(24)32-17-23-22-15(31-17)21-14(28)19-9-7-5-6-8-10(9)30-4/h5-8H,1-4H3,(H2,19,21,22,28). The molecule has 2 N–H and O–H groups in total. The summed E-state index contributed by atoms with van der Waals surface area (Å²) in [5, 5.41) is 14.1. The Morgan fingerprint density at radius 1 is 1.06 bits per heavy atom. The highest BCUT2D eigenvalue weighted by Gasteiger charge is 2.19. The second kappa shape index (κ2) is 8.47. The minimum atomic E-state index is -0.497. The predicted octanol–water partition coefficient (Wildman–Crippen LogP) is 1.63. The molecule has 12 nitrogen and oxygen atoms in total. The molecule has 32 heavy (non-hydrogen) atoms. The normalized spacial score (nSPS) is 11.0. The molecule has 14 heteroatoms. The number of para-hydroxylation sites is 2. The van der Waals surface area contributed by atoms with E-state index in [1.165, 1.54) is 30.5 Å². The second-order valence-corrected chi connectivity index (χ2v) is 8.78. The van der Waals surface area contributed by atoms with E-state index in [4.69, 9.17) is 4.74 Å². The molecule has 0 radical (unpaired) electrons. The summed E-state index contributed by atoms with van der Waals surface area (Å²) < 4.78 is 9.66. The van der Waals surface area contributed by atoms with Crippen LogP contribution in [0.1, 0.15) is 0 Å². The van der Waals surface area contributed by atoms with Gasteiger partial charge in [0.15, 0.2) is 20.7 Å². The molecule has 0 aliphatic heterocycles. The van der Waals surface area contributed by atoms with Gasteiger partial charge in [-0.15, -0.1) is 10.2 Å². The molecule has 1 aromatic carbocycles. The minimum Gasteiger partial charge on any atom is -0.495 e. The lowest BCUT2D eigenvalue weighted by atomic mass is 10.3. The van der Waals surface area contributed by atoms with Crippen molar-refractivity contribution in [2.24, 2.45) is 21.1 Å². The third-order valence-electron chi connectivity index (χ3n) is 4.60. The average molecular weight is 475 g/mol. The van der Waals surface area contributed by atoms with Gasteiger partial charge in [0.1, 0.15) is 5.75 Å². The number of benzene rings is 1. The Morgan fingerprint density at radius 3 is 2.56 bits per heavy atom. The van der Waals surface area contributed by atoms with Crippen LogP contribution in [0.2, 0.25) is 0 Å². The molecule has 2 amide bonds. The number of methoxy groups -OCH3 is 1. The zero-order valence-electron chi connectivity index (χ0n) is 17.4. The molecule has 4 aromatic rings. The molecule has 0 unspecified atom stereocenters. The van der Waals surface area contributed by atoms with E-state index in [2.05, 4.69) is 25.8 Å². The number of aromatic nitrogens is 6. The molecule has 0 saturated heterocycles. The van der Waals surface area contributed by atoms with E-state index in [1.54, 1.807) is 42.9 Å². The van der Waals surface area contributed by atoms with Crippen LogP contribution in [0, 0.1) is 0 Å². The smallest absolute Gasteiger partial charge is 0.332 e. The fourth-order valence-electron chi connectivity index (χ4n) is 2.97. The van der Waals surface area contributed by atoms with Gasteiger partial charge < -0.3 is 14.6 Å². The summed E-state index contributed by atoms with van der Waals surface area (Å²) in [7, 11) is 6.17. The molecular formula is C18H18N8O4S2. The van der Waals surface area contributed by atoms with Gasteiger partial charge in [0.2, 0.25) is 5.13 Å². The van der Waals surface area contributed by atoms with Gasteiger partial charge in [0.05, 0.1) is 12.8 Å². The van der Waals surface area contributed by atoms with E-state index in [9.17, 15) is 14.4 Å². The van der Waals surface area contributed by atoms with Crippen LogP contribution in [0.15, 0.2) is 43.4 Å². The monoisotopic (exact) mass is 474 g/mol. The van der Waals surface area contributed by atoms with E-state index in [-0.39, 0.29) is 10.8 Å². The highest BCUT2D eigenvalue weighted by atomic mass is 32.2. The van der Waals surface area contributed by atoms with Gasteiger partial charge >= 0.3 is 11.7 Å². The zero-order chi connectivity index (χ0) is 23.0. The van der Waals surface area contributed by atoms with Gasteiger partial charge in [-0.05, 0) is 23.9 Å². The molecule has 0 aliphatic carbocycles. The van der Waals surface area contributed by atoms with Gasteiger partial charge in [0.25, 0.3) is 5.56 Å². The molecule has 0 aliphatic rings. The number of carbonyl (C=O) groups is 1. The number of amides is 2. The molecular weight excluding hydrogens is 456 g/mol. The first-order chi connectivity index (χ1) is 15.3. The molecule has 0 saturated carbocycles. The number of nitrogens with zero attached hydrogens (tertiary/aromatic N) is 6. The van der Waals surface area contributed by atoms with Gasteiger partial charge in [-0.25, -0.2) is 14.6 Å². The van der Waals surface area contributed by atoms with E-state index < -0.39 is 17.3 Å². The third-order valence-corrected chi connectivity index (χ3v) is 6.53. The van der Waals surface area contributed by atoms with Crippen LogP contribution in [-0.4, -0.2) is 42.0 Å². The van der Waals surface area contributed by atoms with Crippen LogP contribution < -0.4 is 26.6 Å². The van der Waals surface area contributed by atoms with Crippen molar-refractivity contribution < 1.29 is 9.53 Å². The lowest BCUT2D eigenvalue weighted by molar-refractivity contribution is 0.262. The Labute approximate surface area is 188 Å². The van der Waals surface area contributed by atoms with E-state index in [0.717, 1.165) is 15.9 Å². The minimum absolute atomic E-state index is 0.280. The van der Waals surface area contributed by atoms with Gasteiger partial charge in [-0.1, -0.05) is 23.5 Å². The molecule has 166 valence electrons. The molecule has 0 spiro atoms. The zero-order valence-corrected chi connectivity index (χ0v) is 19.1. The van der Waals surface area contributed by atoms with Crippen molar-refractivity contribution in [1.82, 2.24) is 28.9 Å². The second-order valence-electron chi connectivity index (χ2n) is 6.59. The summed E-state index contributed by atoms with van der Waals surface area (Å²) in [6, 6.07) is 6.52. The number of hydrogen-bond acceptors (Lipinski definition) is 9. The van der Waals surface area contributed by atoms with E-state index >= 15 is 0 Å². The van der Waals surface area contributed by atoms with E-state index in [0.29, 0.717) is 26.4 Å². The molecule has 0 fully saturated rings. The summed E-state index contributed by atoms with van der Waals surface area (Å²) >= 11 is 2.31. The lowest BCUT2D eigenvalue weighted by Crippen LogP contribution is -2.37. The first kappa shape index (κ1) is 21.6. The number of carbonyl (C=O) groups excluding carboxylic acids is 1. The lowest BCUT2D eigenvalue weighted by Gasteiger charge is -2.09. The average Bonchev–Trinajstić information content (AvgIpc) is 3.35. The first-order valence-electron chi connectivity index (χ1n) is 9.15. The summed E-state index contributed by atoms with van der Waals surface area (Å²) in [4.78, 5) is 41.4. The fraction of sp³-hybridized carbons (Fsp3) is 0.222. The van der Waals surface area contributed by atoms with Crippen LogP contribution in [0.4, 0.5) is 15.6 Å². The molecule has 3 heterocycles. The Morgan fingerprint density at radius 2 is 1.81 bits per heavy atom. The Balaban J connectivity index is 1.53. The number of rotatable bonds is 5. The highest BCUT2D eigenvalue weighted by Crippen LogP contribution is 2.32. The number of hydrogen-bond donors (Lipinski definition) is 2. The number of nitrogens with one attached hydrogen (secondary N) is 2. The van der Waals surface area contributed by atoms with Crippen LogP contribution in [-0.2, 0) is 21.1 Å². The van der Waals surface area contributed by atoms with Crippen molar-refractivity contribution in [3.05, 3.63) is 45.1 Å². The van der Waals surface area contributed by atoms with Crippen LogP contribution in [0.25, 0.3) is 11.2 Å². The Hall–Kier alpha value is -3.65. The molecule has 0 atom stereocenters. The number of imidazole rings is 1. The molecule has 4 rings (SSSR count). The Kier molecular flexibility index (Phi) is 5.71. The number of anilines is 2. The van der Waals surface area contributed by atoms with Gasteiger partial charge in [0, 0.05) is 21.1 Å². The topological polar surface area (TPSA) is 138 Å². The van der Waals surface area contributed by atoms with Gasteiger partial charge in [-0.2, -0.15) is 0 Å². The summed E-state index contributed by atoms with van der Waals surface area (Å²) in [5.41, 5.74) is 0.204. The fourth-order valence-corrected chi connectivity index (χ4v) is 4.67. The molecule has 0 bridgehead atoms. The number of ether oxygens (including phenoxy) is 1. The van der Waals surface area contributed by atoms with Gasteiger partial charge in [-0.3, -0.25) is 19.2 Å². The third kappa shape index (κ3) is 3.85. The van der Waals surface area contributed by atoms with E-state index in [1.807, 2.05) is 0 Å². The SMILES string of the molecule is COc1ccccc1NC(=O)Nc1nnc(Sc2nc3c(c(=O)n(C)c(=O)n3C)n2C)s1. The molecule has 3 aromatic heterocycles. The van der Waals surface area contributed by atoms with Crippen molar-refractivity contribution in [3.63, 3.8) is 0 Å². The number of fused-ring (bicyclic) bond motifs is 1. The maximum Gasteiger partial charge on any atom is 0.332 e. The van der Waals surface area contributed by atoms with Crippen molar-refractivity contribution in [1.29, 1.82) is 0 Å². The van der Waals surface area contributed by atoms with Crippen molar-refractivity contribution in [2.75, 3.05) is 17.7 Å². The highest BCUT2D eigenvalue weighted by molar-refractivity contribution is 8.01.